The summed E-state index contributed by atoms with van der Waals surface area (Å²) < 4.78 is 22.8. The Morgan fingerprint density at radius 3 is 2.58 bits per heavy atom. The second-order valence-corrected chi connectivity index (χ2v) is 10.0. The van der Waals surface area contributed by atoms with Crippen LogP contribution in [0.2, 0.25) is 5.02 Å². The van der Waals surface area contributed by atoms with E-state index in [9.17, 15) is 4.79 Å². The average Bonchev–Trinajstić information content (AvgIpc) is 3.54. The van der Waals surface area contributed by atoms with E-state index in [4.69, 9.17) is 30.2 Å². The van der Waals surface area contributed by atoms with Crippen LogP contribution in [0.4, 0.5) is 0 Å². The number of carbonyl (C=O) groups excluding carboxylic acids is 1. The number of piperazine rings is 1. The maximum absolute atomic E-state index is 13.0. The fourth-order valence-corrected chi connectivity index (χ4v) is 4.70. The maximum atomic E-state index is 13.0. The summed E-state index contributed by atoms with van der Waals surface area (Å²) in [6, 6.07) is 13.5. The van der Waals surface area contributed by atoms with Gasteiger partial charge in [-0.15, -0.1) is 0 Å². The molecular weight excluding hydrogens is 480 g/mol. The van der Waals surface area contributed by atoms with E-state index >= 15 is 0 Å². The molecule has 0 bridgehead atoms. The summed E-state index contributed by atoms with van der Waals surface area (Å²) in [6.07, 6.45) is 0. The second kappa shape index (κ2) is 10.4. The Labute approximate surface area is 216 Å². The van der Waals surface area contributed by atoms with Crippen LogP contribution in [0.1, 0.15) is 52.8 Å². The van der Waals surface area contributed by atoms with E-state index in [1.54, 1.807) is 12.1 Å². The molecule has 1 aromatic heterocycles. The standard InChI is InChI=1S/C28H31ClN2O5/c1-18(2)22-14-23(29)19(3)12-26(22)33-16-21-5-7-25(36-21)28(32)31-10-8-30(9-11-31)15-20-4-6-24-27(13-20)35-17-34-24/h4-7,12-14,18H,8-11,15-17H2,1-3H3. The number of halogens is 1. The zero-order valence-corrected chi connectivity index (χ0v) is 21.6. The number of nitrogens with zero attached hydrogens (tertiary/aromatic N) is 2. The van der Waals surface area contributed by atoms with Gasteiger partial charge in [-0.2, -0.15) is 0 Å². The monoisotopic (exact) mass is 510 g/mol. The quantitative estimate of drug-likeness (QED) is 0.410. The minimum Gasteiger partial charge on any atom is -0.485 e. The summed E-state index contributed by atoms with van der Waals surface area (Å²) in [5.41, 5.74) is 3.18. The fourth-order valence-electron chi connectivity index (χ4n) is 4.53. The van der Waals surface area contributed by atoms with E-state index in [0.717, 1.165) is 53.0 Å². The summed E-state index contributed by atoms with van der Waals surface area (Å²) in [4.78, 5) is 17.2. The van der Waals surface area contributed by atoms with Gasteiger partial charge in [-0.05, 0) is 65.9 Å². The van der Waals surface area contributed by atoms with Gasteiger partial charge >= 0.3 is 0 Å². The fraction of sp³-hybridized carbons (Fsp3) is 0.393. The SMILES string of the molecule is Cc1cc(OCc2ccc(C(=O)N3CCN(Cc4ccc5c(c4)OCO5)CC3)o2)c(C(C)C)cc1Cl. The van der Waals surface area contributed by atoms with Crippen molar-refractivity contribution < 1.29 is 23.4 Å². The number of amides is 1. The second-order valence-electron chi connectivity index (χ2n) is 9.60. The van der Waals surface area contributed by atoms with Gasteiger partial charge in [0.15, 0.2) is 17.3 Å². The van der Waals surface area contributed by atoms with Crippen molar-refractivity contribution in [1.29, 1.82) is 0 Å². The molecule has 2 aliphatic heterocycles. The summed E-state index contributed by atoms with van der Waals surface area (Å²) in [6.45, 7) is 10.4. The van der Waals surface area contributed by atoms with Crippen LogP contribution in [0.25, 0.3) is 0 Å². The predicted molar refractivity (Wildman–Crippen MR) is 137 cm³/mol. The van der Waals surface area contributed by atoms with E-state index in [-0.39, 0.29) is 25.2 Å². The molecule has 1 saturated heterocycles. The molecule has 0 unspecified atom stereocenters. The Morgan fingerprint density at radius 2 is 1.81 bits per heavy atom. The van der Waals surface area contributed by atoms with Crippen LogP contribution in [0.3, 0.4) is 0 Å². The van der Waals surface area contributed by atoms with E-state index in [2.05, 4.69) is 24.8 Å². The number of hydrogen-bond acceptors (Lipinski definition) is 6. The lowest BCUT2D eigenvalue weighted by Crippen LogP contribution is -2.48. The molecule has 7 nitrogen and oxygen atoms in total. The maximum Gasteiger partial charge on any atom is 0.289 e. The highest BCUT2D eigenvalue weighted by Crippen LogP contribution is 2.34. The predicted octanol–water partition coefficient (Wildman–Crippen LogP) is 5.63. The van der Waals surface area contributed by atoms with E-state index in [1.165, 1.54) is 5.56 Å². The summed E-state index contributed by atoms with van der Waals surface area (Å²) >= 11 is 6.30. The number of hydrogen-bond donors (Lipinski definition) is 0. The Bertz CT molecular complexity index is 1250. The van der Waals surface area contributed by atoms with Crippen LogP contribution in [-0.2, 0) is 13.2 Å². The van der Waals surface area contributed by atoms with Gasteiger partial charge in [0.1, 0.15) is 18.1 Å². The summed E-state index contributed by atoms with van der Waals surface area (Å²) in [5.74, 6) is 3.52. The minimum absolute atomic E-state index is 0.0887. The van der Waals surface area contributed by atoms with Crippen LogP contribution in [0.15, 0.2) is 46.9 Å². The Balaban J connectivity index is 1.14. The van der Waals surface area contributed by atoms with Gasteiger partial charge in [0.05, 0.1) is 0 Å². The lowest BCUT2D eigenvalue weighted by molar-refractivity contribution is 0.0594. The van der Waals surface area contributed by atoms with Crippen LogP contribution in [0, 0.1) is 6.92 Å². The van der Waals surface area contributed by atoms with Gasteiger partial charge in [0.25, 0.3) is 5.91 Å². The van der Waals surface area contributed by atoms with Crippen molar-refractivity contribution in [2.75, 3.05) is 33.0 Å². The largest absolute Gasteiger partial charge is 0.485 e. The molecule has 1 amide bonds. The average molecular weight is 511 g/mol. The first-order valence-electron chi connectivity index (χ1n) is 12.3. The molecule has 2 aliphatic rings. The molecule has 1 fully saturated rings. The first-order chi connectivity index (χ1) is 17.4. The van der Waals surface area contributed by atoms with Gasteiger partial charge in [-0.25, -0.2) is 0 Å². The van der Waals surface area contributed by atoms with Gasteiger partial charge < -0.3 is 23.5 Å². The van der Waals surface area contributed by atoms with Crippen molar-refractivity contribution in [2.24, 2.45) is 0 Å². The third-order valence-corrected chi connectivity index (χ3v) is 7.07. The van der Waals surface area contributed by atoms with Crippen LogP contribution >= 0.6 is 11.6 Å². The normalized spacial score (nSPS) is 15.5. The molecule has 0 N–H and O–H groups in total. The van der Waals surface area contributed by atoms with Crippen molar-refractivity contribution in [1.82, 2.24) is 9.80 Å². The molecule has 190 valence electrons. The van der Waals surface area contributed by atoms with Crippen molar-refractivity contribution in [3.8, 4) is 17.2 Å². The van der Waals surface area contributed by atoms with E-state index in [1.807, 2.05) is 36.1 Å². The van der Waals surface area contributed by atoms with Crippen LogP contribution in [0.5, 0.6) is 17.2 Å². The minimum atomic E-state index is -0.0887. The van der Waals surface area contributed by atoms with Gasteiger partial charge in [0.2, 0.25) is 6.79 Å². The molecule has 2 aromatic carbocycles. The zero-order chi connectivity index (χ0) is 25.2. The van der Waals surface area contributed by atoms with E-state index in [0.29, 0.717) is 24.6 Å². The Kier molecular flexibility index (Phi) is 7.12. The van der Waals surface area contributed by atoms with Crippen molar-refractivity contribution >= 4 is 17.5 Å². The van der Waals surface area contributed by atoms with Gasteiger partial charge in [-0.1, -0.05) is 31.5 Å². The van der Waals surface area contributed by atoms with Crippen molar-refractivity contribution in [3.05, 3.63) is 75.7 Å². The highest BCUT2D eigenvalue weighted by atomic mass is 35.5. The third-order valence-electron chi connectivity index (χ3n) is 6.66. The molecule has 8 heteroatoms. The van der Waals surface area contributed by atoms with Gasteiger partial charge in [-0.3, -0.25) is 9.69 Å². The summed E-state index contributed by atoms with van der Waals surface area (Å²) in [7, 11) is 0. The van der Waals surface area contributed by atoms with E-state index < -0.39 is 0 Å². The number of rotatable bonds is 7. The highest BCUT2D eigenvalue weighted by molar-refractivity contribution is 6.31. The first kappa shape index (κ1) is 24.5. The number of aryl methyl sites for hydroxylation is 1. The van der Waals surface area contributed by atoms with Crippen LogP contribution < -0.4 is 14.2 Å². The number of benzene rings is 2. The van der Waals surface area contributed by atoms with Crippen LogP contribution in [-0.4, -0.2) is 48.7 Å². The Morgan fingerprint density at radius 1 is 1.03 bits per heavy atom. The lowest BCUT2D eigenvalue weighted by Gasteiger charge is -2.34. The van der Waals surface area contributed by atoms with Crippen molar-refractivity contribution in [2.45, 2.75) is 39.8 Å². The number of carbonyl (C=O) groups is 1. The molecule has 36 heavy (non-hydrogen) atoms. The van der Waals surface area contributed by atoms with Crippen molar-refractivity contribution in [3.63, 3.8) is 0 Å². The van der Waals surface area contributed by atoms with Gasteiger partial charge in [0, 0.05) is 37.7 Å². The number of furan rings is 1. The Hall–Kier alpha value is -3.16. The molecule has 0 atom stereocenters. The molecular formula is C28H31ClN2O5. The highest BCUT2D eigenvalue weighted by Gasteiger charge is 2.25. The number of fused-ring (bicyclic) bond motifs is 1. The molecule has 3 heterocycles. The molecule has 0 aliphatic carbocycles. The zero-order valence-electron chi connectivity index (χ0n) is 20.9. The lowest BCUT2D eigenvalue weighted by atomic mass is 10.0. The topological polar surface area (TPSA) is 64.4 Å². The first-order valence-corrected chi connectivity index (χ1v) is 12.7. The molecule has 0 radical (unpaired) electrons. The summed E-state index contributed by atoms with van der Waals surface area (Å²) in [5, 5.41) is 0.730. The number of ether oxygens (including phenoxy) is 3. The molecule has 0 saturated carbocycles. The molecule has 0 spiro atoms. The molecule has 5 rings (SSSR count). The third kappa shape index (κ3) is 5.32. The smallest absolute Gasteiger partial charge is 0.289 e. The molecule has 3 aromatic rings.